The number of halogens is 2. The lowest BCUT2D eigenvalue weighted by molar-refractivity contribution is 0.600. The van der Waals surface area contributed by atoms with Gasteiger partial charge in [0.15, 0.2) is 5.65 Å². The van der Waals surface area contributed by atoms with E-state index in [-0.39, 0.29) is 0 Å². The number of hydrogen-bond acceptors (Lipinski definition) is 3. The number of aryl methyl sites for hydroxylation is 3. The van der Waals surface area contributed by atoms with Gasteiger partial charge < -0.3 is 4.40 Å². The minimum atomic E-state index is -3.72. The Hall–Kier alpha value is -2.16. The van der Waals surface area contributed by atoms with Gasteiger partial charge in [0.25, 0.3) is 10.0 Å². The molecule has 5 nitrogen and oxygen atoms in total. The third-order valence-electron chi connectivity index (χ3n) is 4.76. The maximum atomic E-state index is 13.1. The first-order valence-electron chi connectivity index (χ1n) is 9.19. The zero-order valence-corrected chi connectivity index (χ0v) is 20.6. The summed E-state index contributed by atoms with van der Waals surface area (Å²) < 4.78 is 32.6. The Balaban J connectivity index is 1.72. The third-order valence-corrected chi connectivity index (χ3v) is 7.46. The molecule has 0 atom stereocenters. The van der Waals surface area contributed by atoms with Crippen molar-refractivity contribution in [1.29, 1.82) is 0 Å². The average molecular weight is 549 g/mol. The number of fused-ring (bicyclic) bond motifs is 1. The first-order chi connectivity index (χ1) is 14.1. The standard InChI is InChI=1S/C22H19Br2N3O2S/c1-13-7-14(2)21(15(3)8-13)30(28,29)26-18-6-4-5-16(9-18)20-12-27-11-17(23)10-19(24)22(27)25-20/h4-12,26H,1-3H3. The molecule has 0 aliphatic carbocycles. The molecule has 30 heavy (non-hydrogen) atoms. The van der Waals surface area contributed by atoms with E-state index in [2.05, 4.69) is 41.6 Å². The summed E-state index contributed by atoms with van der Waals surface area (Å²) in [6.45, 7) is 5.59. The van der Waals surface area contributed by atoms with Crippen molar-refractivity contribution in [2.75, 3.05) is 4.72 Å². The van der Waals surface area contributed by atoms with Gasteiger partial charge in [-0.2, -0.15) is 0 Å². The number of pyridine rings is 1. The smallest absolute Gasteiger partial charge is 0.262 e. The van der Waals surface area contributed by atoms with Crippen LogP contribution >= 0.6 is 31.9 Å². The second-order valence-electron chi connectivity index (χ2n) is 7.28. The van der Waals surface area contributed by atoms with Gasteiger partial charge in [-0.1, -0.05) is 29.8 Å². The Bertz CT molecular complexity index is 1370. The molecule has 0 aliphatic heterocycles. The highest BCUT2D eigenvalue weighted by Gasteiger charge is 2.20. The molecule has 4 aromatic rings. The van der Waals surface area contributed by atoms with Crippen LogP contribution < -0.4 is 4.72 Å². The van der Waals surface area contributed by atoms with E-state index in [1.807, 2.05) is 67.9 Å². The third kappa shape index (κ3) is 4.04. The maximum absolute atomic E-state index is 13.1. The summed E-state index contributed by atoms with van der Waals surface area (Å²) >= 11 is 7.00. The summed E-state index contributed by atoms with van der Waals surface area (Å²) in [6, 6.07) is 12.9. The van der Waals surface area contributed by atoms with E-state index in [1.165, 1.54) is 0 Å². The number of rotatable bonds is 4. The van der Waals surface area contributed by atoms with Crippen LogP contribution in [-0.4, -0.2) is 17.8 Å². The first kappa shape index (κ1) is 21.1. The van der Waals surface area contributed by atoms with Crippen molar-refractivity contribution in [3.05, 3.63) is 80.5 Å². The molecule has 0 amide bonds. The van der Waals surface area contributed by atoms with Crippen LogP contribution in [0.2, 0.25) is 0 Å². The summed E-state index contributed by atoms with van der Waals surface area (Å²) in [5.74, 6) is 0. The van der Waals surface area contributed by atoms with Crippen molar-refractivity contribution in [2.24, 2.45) is 0 Å². The van der Waals surface area contributed by atoms with Crippen LogP contribution in [0.5, 0.6) is 0 Å². The SMILES string of the molecule is Cc1cc(C)c(S(=O)(=O)Nc2cccc(-c3cn4cc(Br)cc(Br)c4n3)c2)c(C)c1. The van der Waals surface area contributed by atoms with Crippen LogP contribution in [0.15, 0.2) is 68.7 Å². The molecule has 0 spiro atoms. The van der Waals surface area contributed by atoms with Crippen LogP contribution in [-0.2, 0) is 10.0 Å². The van der Waals surface area contributed by atoms with Gasteiger partial charge in [-0.3, -0.25) is 4.72 Å². The molecule has 0 unspecified atom stereocenters. The zero-order chi connectivity index (χ0) is 21.6. The second-order valence-corrected chi connectivity index (χ2v) is 10.7. The molecular weight excluding hydrogens is 530 g/mol. The molecule has 2 aromatic carbocycles. The van der Waals surface area contributed by atoms with Crippen molar-refractivity contribution in [3.63, 3.8) is 0 Å². The molecule has 4 rings (SSSR count). The fourth-order valence-corrected chi connectivity index (χ4v) is 6.50. The second kappa shape index (κ2) is 7.83. The van der Waals surface area contributed by atoms with Crippen molar-refractivity contribution in [2.45, 2.75) is 25.7 Å². The first-order valence-corrected chi connectivity index (χ1v) is 12.3. The van der Waals surface area contributed by atoms with Crippen molar-refractivity contribution < 1.29 is 8.42 Å². The van der Waals surface area contributed by atoms with Gasteiger partial charge in [0, 0.05) is 28.1 Å². The summed E-state index contributed by atoms with van der Waals surface area (Å²) in [5.41, 5.74) is 5.33. The molecular formula is C22H19Br2N3O2S. The Labute approximate surface area is 192 Å². The minimum absolute atomic E-state index is 0.319. The molecule has 0 fully saturated rings. The largest absolute Gasteiger partial charge is 0.304 e. The Morgan fingerprint density at radius 1 is 0.967 bits per heavy atom. The number of nitrogens with one attached hydrogen (secondary N) is 1. The predicted molar refractivity (Wildman–Crippen MR) is 127 cm³/mol. The summed E-state index contributed by atoms with van der Waals surface area (Å²) in [7, 11) is -3.72. The maximum Gasteiger partial charge on any atom is 0.262 e. The number of hydrogen-bond donors (Lipinski definition) is 1. The highest BCUT2D eigenvalue weighted by atomic mass is 79.9. The molecule has 154 valence electrons. The van der Waals surface area contributed by atoms with Gasteiger partial charge in [0.2, 0.25) is 0 Å². The van der Waals surface area contributed by atoms with Crippen LogP contribution in [0.3, 0.4) is 0 Å². The quantitative estimate of drug-likeness (QED) is 0.327. The lowest BCUT2D eigenvalue weighted by atomic mass is 10.1. The summed E-state index contributed by atoms with van der Waals surface area (Å²) in [4.78, 5) is 4.99. The van der Waals surface area contributed by atoms with Gasteiger partial charge in [0.05, 0.1) is 15.1 Å². The van der Waals surface area contributed by atoms with Gasteiger partial charge in [0.1, 0.15) is 0 Å². The molecule has 8 heteroatoms. The zero-order valence-electron chi connectivity index (χ0n) is 16.6. The molecule has 2 heterocycles. The molecule has 1 N–H and O–H groups in total. The van der Waals surface area contributed by atoms with Gasteiger partial charge in [-0.25, -0.2) is 13.4 Å². The predicted octanol–water partition coefficient (Wildman–Crippen LogP) is 6.25. The van der Waals surface area contributed by atoms with E-state index in [4.69, 9.17) is 0 Å². The van der Waals surface area contributed by atoms with E-state index in [0.29, 0.717) is 10.6 Å². The van der Waals surface area contributed by atoms with Crippen LogP contribution in [0.25, 0.3) is 16.9 Å². The van der Waals surface area contributed by atoms with Gasteiger partial charge >= 0.3 is 0 Å². The lowest BCUT2D eigenvalue weighted by Gasteiger charge is -2.14. The number of benzene rings is 2. The van der Waals surface area contributed by atoms with E-state index >= 15 is 0 Å². The van der Waals surface area contributed by atoms with Crippen molar-refractivity contribution in [1.82, 2.24) is 9.38 Å². The Morgan fingerprint density at radius 3 is 2.37 bits per heavy atom. The monoisotopic (exact) mass is 547 g/mol. The molecule has 0 saturated heterocycles. The highest BCUT2D eigenvalue weighted by Crippen LogP contribution is 2.29. The van der Waals surface area contributed by atoms with Crippen molar-refractivity contribution in [3.8, 4) is 11.3 Å². The molecule has 0 saturated carbocycles. The number of nitrogens with zero attached hydrogens (tertiary/aromatic N) is 2. The van der Waals surface area contributed by atoms with Crippen LogP contribution in [0.4, 0.5) is 5.69 Å². The lowest BCUT2D eigenvalue weighted by Crippen LogP contribution is -2.16. The number of imidazole rings is 1. The van der Waals surface area contributed by atoms with Gasteiger partial charge in [-0.05, 0) is 82.0 Å². The topological polar surface area (TPSA) is 63.5 Å². The van der Waals surface area contributed by atoms with E-state index < -0.39 is 10.0 Å². The molecule has 2 aromatic heterocycles. The normalized spacial score (nSPS) is 11.8. The number of aromatic nitrogens is 2. The van der Waals surface area contributed by atoms with E-state index in [1.54, 1.807) is 12.1 Å². The fraction of sp³-hybridized carbons (Fsp3) is 0.136. The van der Waals surface area contributed by atoms with Crippen LogP contribution in [0.1, 0.15) is 16.7 Å². The summed E-state index contributed by atoms with van der Waals surface area (Å²) in [6.07, 6.45) is 3.83. The number of anilines is 1. The fourth-order valence-electron chi connectivity index (χ4n) is 3.70. The Kier molecular flexibility index (Phi) is 5.50. The minimum Gasteiger partial charge on any atom is -0.304 e. The van der Waals surface area contributed by atoms with E-state index in [0.717, 1.165) is 42.5 Å². The highest BCUT2D eigenvalue weighted by molar-refractivity contribution is 9.11. The van der Waals surface area contributed by atoms with Crippen LogP contribution in [0, 0.1) is 20.8 Å². The molecule has 0 radical (unpaired) electrons. The van der Waals surface area contributed by atoms with Gasteiger partial charge in [-0.15, -0.1) is 0 Å². The summed E-state index contributed by atoms with van der Waals surface area (Å²) in [5, 5.41) is 0. The number of sulfonamides is 1. The molecule has 0 aliphatic rings. The van der Waals surface area contributed by atoms with Crippen molar-refractivity contribution >= 4 is 53.2 Å². The average Bonchev–Trinajstić information content (AvgIpc) is 3.04. The molecule has 0 bridgehead atoms. The van der Waals surface area contributed by atoms with E-state index in [9.17, 15) is 8.42 Å². The Morgan fingerprint density at radius 2 is 1.67 bits per heavy atom.